The van der Waals surface area contributed by atoms with Crippen LogP contribution in [0.15, 0.2) is 35.3 Å². The zero-order chi connectivity index (χ0) is 26.8. The molecule has 0 radical (unpaired) electrons. The van der Waals surface area contributed by atoms with Gasteiger partial charge < -0.3 is 26.6 Å². The molecule has 1 aromatic rings. The normalized spacial score (nSPS) is 10.9. The van der Waals surface area contributed by atoms with Crippen molar-refractivity contribution in [2.24, 2.45) is 4.99 Å². The monoisotopic (exact) mass is 502 g/mol. The van der Waals surface area contributed by atoms with Gasteiger partial charge in [-0.25, -0.2) is 4.99 Å². The van der Waals surface area contributed by atoms with Gasteiger partial charge >= 0.3 is 0 Å². The van der Waals surface area contributed by atoms with Gasteiger partial charge in [0.05, 0.1) is 19.6 Å². The largest absolute Gasteiger partial charge is 0.355 e. The van der Waals surface area contributed by atoms with Crippen molar-refractivity contribution in [3.8, 4) is 0 Å². The third kappa shape index (κ3) is 13.6. The zero-order valence-electron chi connectivity index (χ0n) is 20.4. The Kier molecular flexibility index (Phi) is 14.4. The molecule has 0 heterocycles. The van der Waals surface area contributed by atoms with Gasteiger partial charge in [0.15, 0.2) is 0 Å². The molecule has 12 heteroatoms. The number of aliphatic imine (C=N–C) groups is 1. The molecule has 0 saturated carbocycles. The molecule has 5 N–H and O–H groups in total. The van der Waals surface area contributed by atoms with Crippen LogP contribution in [0.1, 0.15) is 38.2 Å². The highest BCUT2D eigenvalue weighted by atomic mass is 16.2. The second-order valence-electron chi connectivity index (χ2n) is 7.84. The van der Waals surface area contributed by atoms with Gasteiger partial charge in [-0.05, 0) is 25.1 Å². The number of amides is 6. The summed E-state index contributed by atoms with van der Waals surface area (Å²) in [5, 5.41) is 12.4. The highest BCUT2D eigenvalue weighted by molar-refractivity contribution is 5.92. The SMILES string of the molecule is C=NC(=O)CCCNC(=O)CNC(=O)C(Cc1ccccc1)NC(=O)CNC(=O)CNC(=O)CCC. The quantitative estimate of drug-likeness (QED) is 0.143. The summed E-state index contributed by atoms with van der Waals surface area (Å²) in [7, 11) is 0. The Morgan fingerprint density at radius 2 is 1.42 bits per heavy atom. The number of nitrogens with one attached hydrogen (secondary N) is 5. The van der Waals surface area contributed by atoms with E-state index >= 15 is 0 Å². The van der Waals surface area contributed by atoms with Crippen LogP contribution in [0.3, 0.4) is 0 Å². The molecule has 1 rings (SSSR count). The number of carbonyl (C=O) groups excluding carboxylic acids is 6. The Balaban J connectivity index is 2.56. The average molecular weight is 503 g/mol. The van der Waals surface area contributed by atoms with Gasteiger partial charge in [0.25, 0.3) is 0 Å². The van der Waals surface area contributed by atoms with E-state index in [1.807, 2.05) is 13.0 Å². The number of carbonyl (C=O) groups is 6. The molecule has 0 spiro atoms. The summed E-state index contributed by atoms with van der Waals surface area (Å²) >= 11 is 0. The van der Waals surface area contributed by atoms with Gasteiger partial charge in [0.2, 0.25) is 35.4 Å². The first-order chi connectivity index (χ1) is 17.2. The minimum absolute atomic E-state index is 0.156. The second-order valence-corrected chi connectivity index (χ2v) is 7.84. The number of rotatable bonds is 16. The number of benzene rings is 1. The predicted octanol–water partition coefficient (Wildman–Crippen LogP) is -1.01. The highest BCUT2D eigenvalue weighted by Gasteiger charge is 2.22. The molecule has 0 saturated heterocycles. The smallest absolute Gasteiger partial charge is 0.245 e. The molecule has 0 aromatic heterocycles. The molecule has 0 fully saturated rings. The van der Waals surface area contributed by atoms with E-state index in [9.17, 15) is 28.8 Å². The maximum Gasteiger partial charge on any atom is 0.245 e. The van der Waals surface area contributed by atoms with Gasteiger partial charge in [-0.2, -0.15) is 0 Å². The third-order valence-corrected chi connectivity index (χ3v) is 4.79. The van der Waals surface area contributed by atoms with Gasteiger partial charge in [0, 0.05) is 25.8 Å². The van der Waals surface area contributed by atoms with Gasteiger partial charge in [-0.3, -0.25) is 28.8 Å². The maximum atomic E-state index is 12.7. The minimum Gasteiger partial charge on any atom is -0.355 e. The van der Waals surface area contributed by atoms with E-state index in [2.05, 4.69) is 38.3 Å². The Labute approximate surface area is 210 Å². The predicted molar refractivity (Wildman–Crippen MR) is 133 cm³/mol. The lowest BCUT2D eigenvalue weighted by atomic mass is 10.1. The fourth-order valence-electron chi connectivity index (χ4n) is 2.94. The van der Waals surface area contributed by atoms with Gasteiger partial charge in [-0.1, -0.05) is 37.3 Å². The number of hydrogen-bond acceptors (Lipinski definition) is 6. The zero-order valence-corrected chi connectivity index (χ0v) is 20.4. The molecule has 12 nitrogen and oxygen atoms in total. The van der Waals surface area contributed by atoms with E-state index in [0.29, 0.717) is 19.3 Å². The summed E-state index contributed by atoms with van der Waals surface area (Å²) in [5.74, 6) is -2.81. The summed E-state index contributed by atoms with van der Waals surface area (Å²) < 4.78 is 0. The fourth-order valence-corrected chi connectivity index (χ4v) is 2.94. The van der Waals surface area contributed by atoms with Crippen LogP contribution in [0.25, 0.3) is 0 Å². The Hall–Kier alpha value is -4.09. The van der Waals surface area contributed by atoms with E-state index in [1.165, 1.54) is 0 Å². The van der Waals surface area contributed by atoms with E-state index in [1.54, 1.807) is 24.3 Å². The van der Waals surface area contributed by atoms with Crippen molar-refractivity contribution >= 4 is 42.2 Å². The molecular weight excluding hydrogens is 468 g/mol. The lowest BCUT2D eigenvalue weighted by Crippen LogP contribution is -2.52. The minimum atomic E-state index is -0.995. The Morgan fingerprint density at radius 3 is 2.08 bits per heavy atom. The molecule has 36 heavy (non-hydrogen) atoms. The van der Waals surface area contributed by atoms with Crippen LogP contribution >= 0.6 is 0 Å². The van der Waals surface area contributed by atoms with Crippen molar-refractivity contribution in [1.29, 1.82) is 0 Å². The summed E-state index contributed by atoms with van der Waals surface area (Å²) in [6, 6.07) is 7.98. The summed E-state index contributed by atoms with van der Waals surface area (Å²) in [4.78, 5) is 74.7. The van der Waals surface area contributed by atoms with Crippen LogP contribution in [-0.2, 0) is 35.2 Å². The van der Waals surface area contributed by atoms with Crippen molar-refractivity contribution in [2.75, 3.05) is 26.2 Å². The molecule has 0 aliphatic rings. The highest BCUT2D eigenvalue weighted by Crippen LogP contribution is 2.03. The van der Waals surface area contributed by atoms with E-state index in [4.69, 9.17) is 0 Å². The third-order valence-electron chi connectivity index (χ3n) is 4.79. The van der Waals surface area contributed by atoms with Crippen molar-refractivity contribution in [2.45, 2.75) is 45.1 Å². The van der Waals surface area contributed by atoms with E-state index in [0.717, 1.165) is 5.56 Å². The fraction of sp³-hybridized carbons (Fsp3) is 0.458. The Morgan fingerprint density at radius 1 is 0.806 bits per heavy atom. The molecule has 0 aliphatic heterocycles. The Bertz CT molecular complexity index is 921. The van der Waals surface area contributed by atoms with Crippen LogP contribution in [0, 0.1) is 0 Å². The lowest BCUT2D eigenvalue weighted by molar-refractivity contribution is -0.131. The standard InChI is InChI=1S/C24H34N6O6/c1-3-8-20(32)27-14-22(34)28-16-23(35)30-18(13-17-9-5-4-6-10-17)24(36)29-15-21(33)26-12-7-11-19(31)25-2/h4-6,9-10,18H,2-3,7-8,11-16H2,1H3,(H,26,33)(H,27,32)(H,28,34)(H,29,36)(H,30,35). The van der Waals surface area contributed by atoms with Crippen LogP contribution in [0.4, 0.5) is 0 Å². The molecule has 0 bridgehead atoms. The van der Waals surface area contributed by atoms with Crippen molar-refractivity contribution < 1.29 is 28.8 Å². The molecule has 196 valence electrons. The van der Waals surface area contributed by atoms with Crippen molar-refractivity contribution in [1.82, 2.24) is 26.6 Å². The van der Waals surface area contributed by atoms with Crippen LogP contribution in [0.5, 0.6) is 0 Å². The maximum absolute atomic E-state index is 12.7. The van der Waals surface area contributed by atoms with E-state index < -0.39 is 29.7 Å². The van der Waals surface area contributed by atoms with Crippen LogP contribution in [-0.4, -0.2) is 74.4 Å². The van der Waals surface area contributed by atoms with E-state index in [-0.39, 0.29) is 50.8 Å². The van der Waals surface area contributed by atoms with Gasteiger partial charge in [0.1, 0.15) is 6.04 Å². The molecule has 1 unspecified atom stereocenters. The van der Waals surface area contributed by atoms with Crippen molar-refractivity contribution in [3.05, 3.63) is 35.9 Å². The summed E-state index contributed by atoms with van der Waals surface area (Å²) in [6.45, 7) is 4.24. The molecule has 6 amide bonds. The molecule has 1 atom stereocenters. The molecule has 0 aliphatic carbocycles. The topological polar surface area (TPSA) is 175 Å². The summed E-state index contributed by atoms with van der Waals surface area (Å²) in [5.41, 5.74) is 0.783. The van der Waals surface area contributed by atoms with Gasteiger partial charge in [-0.15, -0.1) is 0 Å². The van der Waals surface area contributed by atoms with Crippen molar-refractivity contribution in [3.63, 3.8) is 0 Å². The molecular formula is C24H34N6O6. The number of hydrogen-bond donors (Lipinski definition) is 5. The van der Waals surface area contributed by atoms with Crippen LogP contribution in [0.2, 0.25) is 0 Å². The van der Waals surface area contributed by atoms with Crippen LogP contribution < -0.4 is 26.6 Å². The first-order valence-corrected chi connectivity index (χ1v) is 11.7. The first-order valence-electron chi connectivity index (χ1n) is 11.7. The first kappa shape index (κ1) is 29.9. The second kappa shape index (κ2) is 17.4. The number of nitrogens with zero attached hydrogens (tertiary/aromatic N) is 1. The average Bonchev–Trinajstić information content (AvgIpc) is 2.87. The lowest BCUT2D eigenvalue weighted by Gasteiger charge is -2.19. The molecule has 1 aromatic carbocycles. The summed E-state index contributed by atoms with van der Waals surface area (Å²) in [6.07, 6.45) is 1.66.